The van der Waals surface area contributed by atoms with Crippen LogP contribution >= 0.6 is 0 Å². The molecule has 5 nitrogen and oxygen atoms in total. The minimum absolute atomic E-state index is 0.0110. The first-order chi connectivity index (χ1) is 9.63. The van der Waals surface area contributed by atoms with Crippen molar-refractivity contribution in [2.24, 2.45) is 0 Å². The predicted molar refractivity (Wildman–Crippen MR) is 79.3 cm³/mol. The van der Waals surface area contributed by atoms with Crippen LogP contribution in [0.1, 0.15) is 45.4 Å². The SMILES string of the molecule is CNC1(CC(=O)NC(C)Cn2ccnc2)CCCCC1. The van der Waals surface area contributed by atoms with Gasteiger partial charge in [0.2, 0.25) is 5.91 Å². The van der Waals surface area contributed by atoms with E-state index < -0.39 is 0 Å². The molecule has 2 N–H and O–H groups in total. The van der Waals surface area contributed by atoms with Crippen LogP contribution in [0.4, 0.5) is 0 Å². The standard InChI is InChI=1S/C15H26N4O/c1-13(11-19-9-8-17-12-19)18-14(20)10-15(16-2)6-4-3-5-7-15/h8-9,12-13,16H,3-7,10-11H2,1-2H3,(H,18,20). The van der Waals surface area contributed by atoms with Crippen LogP contribution in [0.3, 0.4) is 0 Å². The second-order valence-electron chi connectivity index (χ2n) is 6.00. The Kier molecular flexibility index (Phi) is 5.17. The van der Waals surface area contributed by atoms with Gasteiger partial charge >= 0.3 is 0 Å². The number of nitrogens with one attached hydrogen (secondary N) is 2. The van der Waals surface area contributed by atoms with Gasteiger partial charge in [0.15, 0.2) is 0 Å². The van der Waals surface area contributed by atoms with E-state index in [1.807, 2.05) is 24.7 Å². The van der Waals surface area contributed by atoms with E-state index in [0.29, 0.717) is 6.42 Å². The smallest absolute Gasteiger partial charge is 0.222 e. The van der Waals surface area contributed by atoms with Crippen molar-refractivity contribution in [1.29, 1.82) is 0 Å². The van der Waals surface area contributed by atoms with Gasteiger partial charge in [0, 0.05) is 36.9 Å². The van der Waals surface area contributed by atoms with E-state index in [1.54, 1.807) is 12.5 Å². The quantitative estimate of drug-likeness (QED) is 0.832. The number of hydrogen-bond donors (Lipinski definition) is 2. The third-order valence-corrected chi connectivity index (χ3v) is 4.29. The molecule has 1 heterocycles. The van der Waals surface area contributed by atoms with Crippen molar-refractivity contribution in [2.75, 3.05) is 7.05 Å². The van der Waals surface area contributed by atoms with Gasteiger partial charge in [0.05, 0.1) is 6.33 Å². The molecule has 1 fully saturated rings. The van der Waals surface area contributed by atoms with E-state index in [9.17, 15) is 4.79 Å². The Hall–Kier alpha value is -1.36. The van der Waals surface area contributed by atoms with Gasteiger partial charge in [-0.2, -0.15) is 0 Å². The maximum absolute atomic E-state index is 12.2. The van der Waals surface area contributed by atoms with Crippen LogP contribution in [0.2, 0.25) is 0 Å². The van der Waals surface area contributed by atoms with Crippen molar-refractivity contribution in [3.05, 3.63) is 18.7 Å². The molecule has 1 aliphatic rings. The molecule has 0 radical (unpaired) electrons. The molecule has 1 aromatic rings. The molecule has 1 amide bonds. The molecule has 112 valence electrons. The Morgan fingerprint density at radius 1 is 1.40 bits per heavy atom. The fraction of sp³-hybridized carbons (Fsp3) is 0.733. The summed E-state index contributed by atoms with van der Waals surface area (Å²) in [5.74, 6) is 0.147. The van der Waals surface area contributed by atoms with E-state index in [2.05, 4.69) is 15.6 Å². The van der Waals surface area contributed by atoms with E-state index in [1.165, 1.54) is 19.3 Å². The van der Waals surface area contributed by atoms with Crippen molar-refractivity contribution in [3.63, 3.8) is 0 Å². The number of nitrogens with zero attached hydrogens (tertiary/aromatic N) is 2. The fourth-order valence-corrected chi connectivity index (χ4v) is 3.13. The van der Waals surface area contributed by atoms with Crippen molar-refractivity contribution >= 4 is 5.91 Å². The summed E-state index contributed by atoms with van der Waals surface area (Å²) in [6.07, 6.45) is 12.0. The van der Waals surface area contributed by atoms with Crippen molar-refractivity contribution in [1.82, 2.24) is 20.2 Å². The maximum Gasteiger partial charge on any atom is 0.222 e. The second kappa shape index (κ2) is 6.88. The Balaban J connectivity index is 1.81. The number of imidazole rings is 1. The first-order valence-electron chi connectivity index (χ1n) is 7.57. The van der Waals surface area contributed by atoms with Crippen LogP contribution in [0.5, 0.6) is 0 Å². The molecule has 0 aromatic carbocycles. The second-order valence-corrected chi connectivity index (χ2v) is 6.00. The Bertz CT molecular complexity index is 410. The summed E-state index contributed by atoms with van der Waals surface area (Å²) >= 11 is 0. The molecule has 20 heavy (non-hydrogen) atoms. The minimum atomic E-state index is 0.0110. The molecule has 1 atom stereocenters. The largest absolute Gasteiger partial charge is 0.352 e. The molecule has 0 spiro atoms. The average molecular weight is 278 g/mol. The number of amides is 1. The highest BCUT2D eigenvalue weighted by Crippen LogP contribution is 2.30. The summed E-state index contributed by atoms with van der Waals surface area (Å²) in [6, 6.07) is 0.120. The lowest BCUT2D eigenvalue weighted by Gasteiger charge is -2.37. The zero-order chi connectivity index (χ0) is 14.4. The van der Waals surface area contributed by atoms with Crippen molar-refractivity contribution in [3.8, 4) is 0 Å². The van der Waals surface area contributed by atoms with Crippen LogP contribution in [0, 0.1) is 0 Å². The molecule has 1 aliphatic carbocycles. The van der Waals surface area contributed by atoms with Gasteiger partial charge in [0.25, 0.3) is 0 Å². The maximum atomic E-state index is 12.2. The van der Waals surface area contributed by atoms with Gasteiger partial charge in [-0.1, -0.05) is 19.3 Å². The van der Waals surface area contributed by atoms with E-state index in [4.69, 9.17) is 0 Å². The number of carbonyl (C=O) groups excluding carboxylic acids is 1. The minimum Gasteiger partial charge on any atom is -0.352 e. The summed E-state index contributed by atoms with van der Waals surface area (Å²) in [5, 5.41) is 6.49. The van der Waals surface area contributed by atoms with Gasteiger partial charge in [0.1, 0.15) is 0 Å². The summed E-state index contributed by atoms with van der Waals surface area (Å²) in [5.41, 5.74) is 0.0110. The lowest BCUT2D eigenvalue weighted by atomic mass is 9.79. The Morgan fingerprint density at radius 3 is 2.75 bits per heavy atom. The fourth-order valence-electron chi connectivity index (χ4n) is 3.13. The topological polar surface area (TPSA) is 59.0 Å². The lowest BCUT2D eigenvalue weighted by molar-refractivity contribution is -0.123. The van der Waals surface area contributed by atoms with Gasteiger partial charge in [-0.25, -0.2) is 4.98 Å². The van der Waals surface area contributed by atoms with E-state index in [0.717, 1.165) is 19.4 Å². The highest BCUT2D eigenvalue weighted by Gasteiger charge is 2.32. The molecule has 0 bridgehead atoms. The molecule has 2 rings (SSSR count). The normalized spacial score (nSPS) is 19.5. The van der Waals surface area contributed by atoms with E-state index >= 15 is 0 Å². The monoisotopic (exact) mass is 278 g/mol. The lowest BCUT2D eigenvalue weighted by Crippen LogP contribution is -2.49. The van der Waals surface area contributed by atoms with Gasteiger partial charge in [-0.15, -0.1) is 0 Å². The first-order valence-corrected chi connectivity index (χ1v) is 7.57. The molecular weight excluding hydrogens is 252 g/mol. The number of carbonyl (C=O) groups is 1. The summed E-state index contributed by atoms with van der Waals surface area (Å²) in [4.78, 5) is 16.3. The third-order valence-electron chi connectivity index (χ3n) is 4.29. The predicted octanol–water partition coefficient (Wildman–Crippen LogP) is 1.70. The molecule has 1 aromatic heterocycles. The van der Waals surface area contributed by atoms with Gasteiger partial charge in [-0.05, 0) is 26.8 Å². The van der Waals surface area contributed by atoms with Crippen molar-refractivity contribution < 1.29 is 4.79 Å². The van der Waals surface area contributed by atoms with Gasteiger partial charge < -0.3 is 15.2 Å². The molecule has 0 aliphatic heterocycles. The molecule has 1 saturated carbocycles. The van der Waals surface area contributed by atoms with Gasteiger partial charge in [-0.3, -0.25) is 4.79 Å². The first kappa shape index (κ1) is 15.0. The number of aromatic nitrogens is 2. The van der Waals surface area contributed by atoms with Crippen LogP contribution in [-0.2, 0) is 11.3 Å². The highest BCUT2D eigenvalue weighted by atomic mass is 16.1. The summed E-state index contributed by atoms with van der Waals surface area (Å²) in [6.45, 7) is 2.79. The van der Waals surface area contributed by atoms with Crippen LogP contribution in [0.15, 0.2) is 18.7 Å². The molecular formula is C15H26N4O. The van der Waals surface area contributed by atoms with Crippen molar-refractivity contribution in [2.45, 2.75) is 63.6 Å². The van der Waals surface area contributed by atoms with Crippen LogP contribution in [0.25, 0.3) is 0 Å². The Morgan fingerprint density at radius 2 is 2.15 bits per heavy atom. The number of rotatable bonds is 6. The molecule has 0 saturated heterocycles. The zero-order valence-electron chi connectivity index (χ0n) is 12.6. The molecule has 5 heteroatoms. The third kappa shape index (κ3) is 4.07. The number of hydrogen-bond acceptors (Lipinski definition) is 3. The van der Waals surface area contributed by atoms with Crippen LogP contribution in [-0.4, -0.2) is 34.1 Å². The Labute approximate surface area is 121 Å². The molecule has 1 unspecified atom stereocenters. The van der Waals surface area contributed by atoms with E-state index in [-0.39, 0.29) is 17.5 Å². The highest BCUT2D eigenvalue weighted by molar-refractivity contribution is 5.77. The van der Waals surface area contributed by atoms with Crippen LogP contribution < -0.4 is 10.6 Å². The summed E-state index contributed by atoms with van der Waals surface area (Å²) < 4.78 is 1.99. The zero-order valence-corrected chi connectivity index (χ0v) is 12.6. The summed E-state index contributed by atoms with van der Waals surface area (Å²) in [7, 11) is 1.98. The average Bonchev–Trinajstić information content (AvgIpc) is 2.92.